The van der Waals surface area contributed by atoms with Crippen LogP contribution in [0.25, 0.3) is 0 Å². The number of rotatable bonds is 7. The van der Waals surface area contributed by atoms with Gasteiger partial charge in [0.15, 0.2) is 0 Å². The third kappa shape index (κ3) is 4.29. The minimum atomic E-state index is -3.77. The molecule has 6 nitrogen and oxygen atoms in total. The molecule has 1 rings (SSSR count). The summed E-state index contributed by atoms with van der Waals surface area (Å²) < 4.78 is 36.4. The van der Waals surface area contributed by atoms with E-state index in [1.54, 1.807) is 19.2 Å². The number of nitrogens with one attached hydrogen (secondary N) is 1. The SMILES string of the molecule is COCC(C)CNS(=O)(=O)c1ccccc1C(=O)OC. The number of sulfonamides is 1. The molecule has 1 atom stereocenters. The quantitative estimate of drug-likeness (QED) is 0.761. The minimum absolute atomic E-state index is 0.0156. The molecule has 20 heavy (non-hydrogen) atoms. The average Bonchev–Trinajstić information content (AvgIpc) is 2.45. The van der Waals surface area contributed by atoms with Gasteiger partial charge >= 0.3 is 5.97 Å². The highest BCUT2D eigenvalue weighted by molar-refractivity contribution is 7.89. The molecule has 1 aromatic rings. The zero-order chi connectivity index (χ0) is 15.2. The number of hydrogen-bond acceptors (Lipinski definition) is 5. The Bertz CT molecular complexity index is 556. The van der Waals surface area contributed by atoms with E-state index in [1.165, 1.54) is 19.2 Å². The van der Waals surface area contributed by atoms with Crippen molar-refractivity contribution in [2.45, 2.75) is 11.8 Å². The number of esters is 1. The number of benzene rings is 1. The van der Waals surface area contributed by atoms with Crippen LogP contribution in [0, 0.1) is 5.92 Å². The fourth-order valence-corrected chi connectivity index (χ4v) is 3.01. The molecule has 1 unspecified atom stereocenters. The Morgan fingerprint density at radius 1 is 1.30 bits per heavy atom. The van der Waals surface area contributed by atoms with E-state index in [4.69, 9.17) is 4.74 Å². The molecule has 0 saturated carbocycles. The number of ether oxygens (including phenoxy) is 2. The number of methoxy groups -OCH3 is 2. The van der Waals surface area contributed by atoms with Gasteiger partial charge in [-0.1, -0.05) is 19.1 Å². The lowest BCUT2D eigenvalue weighted by atomic mass is 10.2. The van der Waals surface area contributed by atoms with Crippen molar-refractivity contribution in [1.29, 1.82) is 0 Å². The fourth-order valence-electron chi connectivity index (χ4n) is 1.65. The van der Waals surface area contributed by atoms with Gasteiger partial charge in [0.25, 0.3) is 0 Å². The average molecular weight is 301 g/mol. The third-order valence-corrected chi connectivity index (χ3v) is 4.14. The van der Waals surface area contributed by atoms with E-state index in [0.717, 1.165) is 0 Å². The predicted octanol–water partition coefficient (Wildman–Crippen LogP) is 1.03. The second kappa shape index (κ2) is 7.37. The summed E-state index contributed by atoms with van der Waals surface area (Å²) in [5.74, 6) is -0.657. The molecule has 0 amide bonds. The zero-order valence-electron chi connectivity index (χ0n) is 11.8. The number of carbonyl (C=O) groups excluding carboxylic acids is 1. The Labute approximate surface area is 119 Å². The van der Waals surface area contributed by atoms with Crippen molar-refractivity contribution in [2.75, 3.05) is 27.4 Å². The largest absolute Gasteiger partial charge is 0.465 e. The van der Waals surface area contributed by atoms with E-state index >= 15 is 0 Å². The number of carbonyl (C=O) groups is 1. The van der Waals surface area contributed by atoms with Gasteiger partial charge in [-0.15, -0.1) is 0 Å². The molecule has 0 aliphatic carbocycles. The molecule has 0 radical (unpaired) electrons. The lowest BCUT2D eigenvalue weighted by Gasteiger charge is -2.13. The first-order chi connectivity index (χ1) is 9.42. The van der Waals surface area contributed by atoms with Crippen molar-refractivity contribution in [3.63, 3.8) is 0 Å². The second-order valence-electron chi connectivity index (χ2n) is 4.40. The summed E-state index contributed by atoms with van der Waals surface area (Å²) in [6, 6.07) is 5.92. The molecule has 1 aromatic carbocycles. The first-order valence-corrected chi connectivity index (χ1v) is 7.56. The van der Waals surface area contributed by atoms with Gasteiger partial charge in [-0.2, -0.15) is 0 Å². The second-order valence-corrected chi connectivity index (χ2v) is 6.14. The highest BCUT2D eigenvalue weighted by atomic mass is 32.2. The maximum Gasteiger partial charge on any atom is 0.339 e. The Morgan fingerprint density at radius 2 is 1.95 bits per heavy atom. The molecule has 0 aliphatic rings. The topological polar surface area (TPSA) is 81.7 Å². The molecule has 1 N–H and O–H groups in total. The van der Waals surface area contributed by atoms with Gasteiger partial charge in [-0.25, -0.2) is 17.9 Å². The standard InChI is InChI=1S/C13H19NO5S/c1-10(9-18-2)8-14-20(16,17)12-7-5-4-6-11(12)13(15)19-3/h4-7,10,14H,8-9H2,1-3H3. The van der Waals surface area contributed by atoms with Crippen LogP contribution in [0.4, 0.5) is 0 Å². The fraction of sp³-hybridized carbons (Fsp3) is 0.462. The van der Waals surface area contributed by atoms with Crippen molar-refractivity contribution < 1.29 is 22.7 Å². The maximum absolute atomic E-state index is 12.2. The van der Waals surface area contributed by atoms with E-state index in [2.05, 4.69) is 9.46 Å². The van der Waals surface area contributed by atoms with Gasteiger partial charge in [-0.3, -0.25) is 0 Å². The van der Waals surface area contributed by atoms with Gasteiger partial charge in [0.1, 0.15) is 0 Å². The van der Waals surface area contributed by atoms with Gasteiger partial charge in [0.05, 0.1) is 17.6 Å². The van der Waals surface area contributed by atoms with E-state index in [1.807, 2.05) is 6.92 Å². The van der Waals surface area contributed by atoms with Crippen LogP contribution in [-0.4, -0.2) is 41.8 Å². The summed E-state index contributed by atoms with van der Waals surface area (Å²) in [6.07, 6.45) is 0. The molecule has 0 bridgehead atoms. The Morgan fingerprint density at radius 3 is 2.55 bits per heavy atom. The van der Waals surface area contributed by atoms with Gasteiger partial charge in [0.2, 0.25) is 10.0 Å². The van der Waals surface area contributed by atoms with Crippen LogP contribution in [0.5, 0.6) is 0 Å². The highest BCUT2D eigenvalue weighted by Gasteiger charge is 2.22. The Balaban J connectivity index is 2.95. The third-order valence-electron chi connectivity index (χ3n) is 2.65. The molecule has 7 heteroatoms. The van der Waals surface area contributed by atoms with Gasteiger partial charge < -0.3 is 9.47 Å². The maximum atomic E-state index is 12.2. The summed E-state index contributed by atoms with van der Waals surface area (Å²) in [5.41, 5.74) is 0.0156. The normalized spacial score (nSPS) is 12.9. The summed E-state index contributed by atoms with van der Waals surface area (Å²) in [4.78, 5) is 11.5. The predicted molar refractivity (Wildman–Crippen MR) is 74.0 cm³/mol. The van der Waals surface area contributed by atoms with Crippen LogP contribution >= 0.6 is 0 Å². The lowest BCUT2D eigenvalue weighted by Crippen LogP contribution is -2.31. The first kappa shape index (κ1) is 16.6. The van der Waals surface area contributed by atoms with E-state index in [-0.39, 0.29) is 22.9 Å². The monoisotopic (exact) mass is 301 g/mol. The van der Waals surface area contributed by atoms with Crippen LogP contribution in [0.2, 0.25) is 0 Å². The molecule has 0 heterocycles. The van der Waals surface area contributed by atoms with Crippen LogP contribution in [-0.2, 0) is 19.5 Å². The summed E-state index contributed by atoms with van der Waals surface area (Å²) >= 11 is 0. The molecule has 0 saturated heterocycles. The van der Waals surface area contributed by atoms with Crippen LogP contribution in [0.3, 0.4) is 0 Å². The van der Waals surface area contributed by atoms with E-state index in [9.17, 15) is 13.2 Å². The van der Waals surface area contributed by atoms with Crippen LogP contribution in [0.15, 0.2) is 29.2 Å². The Hall–Kier alpha value is -1.44. The van der Waals surface area contributed by atoms with Crippen molar-refractivity contribution >= 4 is 16.0 Å². The van der Waals surface area contributed by atoms with E-state index < -0.39 is 16.0 Å². The van der Waals surface area contributed by atoms with Crippen molar-refractivity contribution in [3.05, 3.63) is 29.8 Å². The smallest absolute Gasteiger partial charge is 0.339 e. The van der Waals surface area contributed by atoms with Crippen LogP contribution < -0.4 is 4.72 Å². The van der Waals surface area contributed by atoms with Gasteiger partial charge in [-0.05, 0) is 18.1 Å². The van der Waals surface area contributed by atoms with Crippen molar-refractivity contribution in [1.82, 2.24) is 4.72 Å². The molecular formula is C13H19NO5S. The minimum Gasteiger partial charge on any atom is -0.465 e. The van der Waals surface area contributed by atoms with Crippen molar-refractivity contribution in [3.8, 4) is 0 Å². The highest BCUT2D eigenvalue weighted by Crippen LogP contribution is 2.16. The molecule has 0 fully saturated rings. The summed E-state index contributed by atoms with van der Waals surface area (Å²) in [5, 5.41) is 0. The zero-order valence-corrected chi connectivity index (χ0v) is 12.6. The molecule has 0 spiro atoms. The van der Waals surface area contributed by atoms with Crippen LogP contribution in [0.1, 0.15) is 17.3 Å². The molecule has 0 aliphatic heterocycles. The number of hydrogen-bond donors (Lipinski definition) is 1. The summed E-state index contributed by atoms with van der Waals surface area (Å²) in [7, 11) is -1.00. The first-order valence-electron chi connectivity index (χ1n) is 6.08. The molecule has 112 valence electrons. The Kier molecular flexibility index (Phi) is 6.12. The van der Waals surface area contributed by atoms with Crippen molar-refractivity contribution in [2.24, 2.45) is 5.92 Å². The van der Waals surface area contributed by atoms with E-state index in [0.29, 0.717) is 6.61 Å². The lowest BCUT2D eigenvalue weighted by molar-refractivity contribution is 0.0596. The van der Waals surface area contributed by atoms with Gasteiger partial charge in [0, 0.05) is 20.3 Å². The summed E-state index contributed by atoms with van der Waals surface area (Å²) in [6.45, 7) is 2.53. The molecular weight excluding hydrogens is 282 g/mol. The molecule has 0 aromatic heterocycles.